The minimum atomic E-state index is 0.977. The second-order valence-corrected chi connectivity index (χ2v) is 2.28. The van der Waals surface area contributed by atoms with E-state index in [0.717, 1.165) is 5.17 Å². The highest BCUT2D eigenvalue weighted by atomic mass is 32.2. The molecule has 0 aliphatic rings. The predicted octanol–water partition coefficient (Wildman–Crippen LogP) is 1.41. The van der Waals surface area contributed by atoms with E-state index in [9.17, 15) is 0 Å². The highest BCUT2D eigenvalue weighted by molar-refractivity contribution is 8.13. The summed E-state index contributed by atoms with van der Waals surface area (Å²) in [6.45, 7) is 3.61. The van der Waals surface area contributed by atoms with Gasteiger partial charge in [-0.15, -0.1) is 0 Å². The van der Waals surface area contributed by atoms with Gasteiger partial charge in [0.05, 0.1) is 0 Å². The Labute approximate surface area is 60.7 Å². The fourth-order valence-electron chi connectivity index (χ4n) is 0.471. The smallest absolute Gasteiger partial charge is 0.162 e. The predicted molar refractivity (Wildman–Crippen MR) is 44.8 cm³/mol. The molecule has 0 aliphatic carbocycles. The van der Waals surface area contributed by atoms with Crippen LogP contribution in [0.5, 0.6) is 0 Å². The molecule has 0 amide bonds. The average Bonchev–Trinajstić information content (AvgIpc) is 1.90. The highest BCUT2D eigenvalue weighted by Gasteiger charge is 1.96. The van der Waals surface area contributed by atoms with E-state index in [1.807, 2.05) is 18.2 Å². The van der Waals surface area contributed by atoms with Crippen molar-refractivity contribution in [2.24, 2.45) is 4.99 Å². The molecular weight excluding hydrogens is 132 g/mol. The van der Waals surface area contributed by atoms with Crippen LogP contribution in [0, 0.1) is 0 Å². The first-order valence-corrected chi connectivity index (χ1v) is 3.85. The quantitative estimate of drug-likeness (QED) is 0.408. The van der Waals surface area contributed by atoms with Crippen molar-refractivity contribution < 1.29 is 0 Å². The van der Waals surface area contributed by atoms with Crippen molar-refractivity contribution in [2.75, 3.05) is 20.4 Å². The molecule has 0 bridgehead atoms. The van der Waals surface area contributed by atoms with Gasteiger partial charge in [0.25, 0.3) is 0 Å². The lowest BCUT2D eigenvalue weighted by atomic mass is 10.8. The molecule has 0 spiro atoms. The van der Waals surface area contributed by atoms with Crippen molar-refractivity contribution >= 4 is 16.9 Å². The lowest BCUT2D eigenvalue weighted by Gasteiger charge is -2.12. The second kappa shape index (κ2) is 4.44. The minimum absolute atomic E-state index is 0.977. The van der Waals surface area contributed by atoms with Gasteiger partial charge in [-0.05, 0) is 12.5 Å². The Balaban J connectivity index is 3.95. The molecule has 0 N–H and O–H groups in total. The molecule has 0 aliphatic heterocycles. The summed E-state index contributed by atoms with van der Waals surface area (Å²) >= 11 is 1.61. The lowest BCUT2D eigenvalue weighted by molar-refractivity contribution is 0.704. The van der Waals surface area contributed by atoms with Gasteiger partial charge in [-0.2, -0.15) is 0 Å². The van der Waals surface area contributed by atoms with E-state index < -0.39 is 0 Å². The third kappa shape index (κ3) is 2.56. The summed E-state index contributed by atoms with van der Waals surface area (Å²) in [5.41, 5.74) is 0. The van der Waals surface area contributed by atoms with Gasteiger partial charge < -0.3 is 4.90 Å². The molecule has 0 fully saturated rings. The third-order valence-electron chi connectivity index (χ3n) is 0.949. The molecule has 9 heavy (non-hydrogen) atoms. The molecule has 0 saturated heterocycles. The molecule has 0 aromatic rings. The normalized spacial score (nSPS) is 11.2. The van der Waals surface area contributed by atoms with Crippen LogP contribution in [0.15, 0.2) is 17.8 Å². The first kappa shape index (κ1) is 8.56. The van der Waals surface area contributed by atoms with Crippen molar-refractivity contribution in [3.05, 3.63) is 12.8 Å². The van der Waals surface area contributed by atoms with Crippen LogP contribution in [0.1, 0.15) is 0 Å². The average molecular weight is 144 g/mol. The van der Waals surface area contributed by atoms with Gasteiger partial charge in [0.1, 0.15) is 0 Å². The Kier molecular flexibility index (Phi) is 4.22. The van der Waals surface area contributed by atoms with Crippen molar-refractivity contribution in [2.45, 2.75) is 0 Å². The second-order valence-electron chi connectivity index (χ2n) is 1.50. The van der Waals surface area contributed by atoms with Crippen LogP contribution in [-0.2, 0) is 0 Å². The van der Waals surface area contributed by atoms with Gasteiger partial charge in [-0.3, -0.25) is 4.99 Å². The standard InChI is InChI=1S/C6H12N2S/c1-5-8(3)6(7-2)9-4/h5H,1H2,2-4H3. The lowest BCUT2D eigenvalue weighted by Crippen LogP contribution is -2.16. The fourth-order valence-corrected chi connectivity index (χ4v) is 1.02. The van der Waals surface area contributed by atoms with Gasteiger partial charge >= 0.3 is 0 Å². The molecule has 0 rings (SSSR count). The highest BCUT2D eigenvalue weighted by Crippen LogP contribution is 2.01. The van der Waals surface area contributed by atoms with Gasteiger partial charge in [0.2, 0.25) is 0 Å². The Morgan fingerprint density at radius 2 is 2.33 bits per heavy atom. The van der Waals surface area contributed by atoms with Gasteiger partial charge in [-0.1, -0.05) is 18.3 Å². The van der Waals surface area contributed by atoms with Crippen LogP contribution < -0.4 is 0 Å². The molecule has 0 aromatic heterocycles. The molecule has 52 valence electrons. The topological polar surface area (TPSA) is 15.6 Å². The van der Waals surface area contributed by atoms with Gasteiger partial charge in [0, 0.05) is 14.1 Å². The van der Waals surface area contributed by atoms with Crippen LogP contribution >= 0.6 is 11.8 Å². The Morgan fingerprint density at radius 1 is 1.78 bits per heavy atom. The van der Waals surface area contributed by atoms with Crippen molar-refractivity contribution in [3.63, 3.8) is 0 Å². The fraction of sp³-hybridized carbons (Fsp3) is 0.500. The Morgan fingerprint density at radius 3 is 2.44 bits per heavy atom. The van der Waals surface area contributed by atoms with Gasteiger partial charge in [-0.25, -0.2) is 0 Å². The summed E-state index contributed by atoms with van der Waals surface area (Å²) < 4.78 is 0. The maximum absolute atomic E-state index is 4.01. The van der Waals surface area contributed by atoms with Crippen molar-refractivity contribution in [3.8, 4) is 0 Å². The zero-order valence-electron chi connectivity index (χ0n) is 6.09. The van der Waals surface area contributed by atoms with Gasteiger partial charge in [0.15, 0.2) is 5.17 Å². The molecular formula is C6H12N2S. The first-order valence-electron chi connectivity index (χ1n) is 2.62. The van der Waals surface area contributed by atoms with E-state index in [-0.39, 0.29) is 0 Å². The Bertz CT molecular complexity index is 120. The SMILES string of the molecule is C=CN(C)C(=NC)SC. The monoisotopic (exact) mass is 144 g/mol. The Hall–Kier alpha value is -0.440. The van der Waals surface area contributed by atoms with E-state index in [4.69, 9.17) is 0 Å². The maximum Gasteiger partial charge on any atom is 0.162 e. The summed E-state index contributed by atoms with van der Waals surface area (Å²) in [7, 11) is 3.69. The molecule has 0 heterocycles. The zero-order chi connectivity index (χ0) is 7.28. The van der Waals surface area contributed by atoms with Crippen molar-refractivity contribution in [1.29, 1.82) is 0 Å². The maximum atomic E-state index is 4.01. The molecule has 0 aromatic carbocycles. The van der Waals surface area contributed by atoms with Crippen LogP contribution in [-0.4, -0.2) is 30.4 Å². The number of rotatable bonds is 1. The molecule has 3 heteroatoms. The van der Waals surface area contributed by atoms with Crippen LogP contribution in [0.2, 0.25) is 0 Å². The van der Waals surface area contributed by atoms with E-state index in [1.54, 1.807) is 25.0 Å². The molecule has 0 unspecified atom stereocenters. The van der Waals surface area contributed by atoms with E-state index in [1.165, 1.54) is 0 Å². The number of aliphatic imine (C=N–C) groups is 1. The third-order valence-corrected chi connectivity index (χ3v) is 1.79. The zero-order valence-corrected chi connectivity index (χ0v) is 6.90. The van der Waals surface area contributed by atoms with Crippen LogP contribution in [0.4, 0.5) is 0 Å². The number of amidine groups is 1. The van der Waals surface area contributed by atoms with E-state index in [2.05, 4.69) is 11.6 Å². The van der Waals surface area contributed by atoms with Crippen LogP contribution in [0.25, 0.3) is 0 Å². The van der Waals surface area contributed by atoms with Crippen LogP contribution in [0.3, 0.4) is 0 Å². The summed E-state index contributed by atoms with van der Waals surface area (Å²) in [6, 6.07) is 0. The molecule has 0 saturated carbocycles. The first-order chi connectivity index (χ1) is 4.26. The molecule has 0 radical (unpaired) electrons. The number of nitrogens with zero attached hydrogens (tertiary/aromatic N) is 2. The van der Waals surface area contributed by atoms with Crippen molar-refractivity contribution in [1.82, 2.24) is 4.90 Å². The van der Waals surface area contributed by atoms with E-state index in [0.29, 0.717) is 0 Å². The largest absolute Gasteiger partial charge is 0.332 e. The minimum Gasteiger partial charge on any atom is -0.332 e. The summed E-state index contributed by atoms with van der Waals surface area (Å²) in [4.78, 5) is 5.89. The number of thioether (sulfide) groups is 1. The molecule has 0 atom stereocenters. The summed E-state index contributed by atoms with van der Waals surface area (Å²) in [5, 5.41) is 0.977. The summed E-state index contributed by atoms with van der Waals surface area (Å²) in [5.74, 6) is 0. The summed E-state index contributed by atoms with van der Waals surface area (Å²) in [6.07, 6.45) is 3.72. The van der Waals surface area contributed by atoms with E-state index >= 15 is 0 Å². The number of hydrogen-bond acceptors (Lipinski definition) is 2. The number of hydrogen-bond donors (Lipinski definition) is 0. The molecule has 2 nitrogen and oxygen atoms in total.